The van der Waals surface area contributed by atoms with Gasteiger partial charge < -0.3 is 10.2 Å². The summed E-state index contributed by atoms with van der Waals surface area (Å²) in [7, 11) is 0. The number of fused-ring (bicyclic) bond motifs is 3. The largest absolute Gasteiger partial charge is 0.416 e. The van der Waals surface area contributed by atoms with E-state index in [1.54, 1.807) is 12.3 Å². The number of imidazole rings is 1. The molecule has 1 unspecified atom stereocenters. The Bertz CT molecular complexity index is 1280. The van der Waals surface area contributed by atoms with Crippen molar-refractivity contribution in [1.82, 2.24) is 19.3 Å². The molecule has 6 nitrogen and oxygen atoms in total. The minimum absolute atomic E-state index is 0.136. The molecule has 1 amide bonds. The smallest absolute Gasteiger partial charge is 0.363 e. The van der Waals surface area contributed by atoms with Gasteiger partial charge in [0, 0.05) is 11.0 Å². The highest BCUT2D eigenvalue weighted by molar-refractivity contribution is 5.85. The summed E-state index contributed by atoms with van der Waals surface area (Å²) < 4.78 is 42.2. The van der Waals surface area contributed by atoms with Crippen LogP contribution in [-0.4, -0.2) is 25.2 Å². The lowest BCUT2D eigenvalue weighted by Crippen LogP contribution is -2.31. The summed E-state index contributed by atoms with van der Waals surface area (Å²) in [5.74, 6) is 1.50. The first-order chi connectivity index (χ1) is 15.5. The lowest BCUT2D eigenvalue weighted by Gasteiger charge is -2.22. The van der Waals surface area contributed by atoms with Gasteiger partial charge in [0.15, 0.2) is 5.65 Å². The molecule has 5 rings (SSSR count). The number of halogens is 3. The molecule has 1 N–H and O–H groups in total. The van der Waals surface area contributed by atoms with Crippen molar-refractivity contribution in [1.29, 1.82) is 0 Å². The van der Waals surface area contributed by atoms with Crippen molar-refractivity contribution in [2.75, 3.05) is 5.32 Å². The molecule has 1 atom stereocenters. The number of aromatic nitrogens is 3. The molecule has 3 heterocycles. The molecule has 1 fully saturated rings. The maximum Gasteiger partial charge on any atom is 0.416 e. The van der Waals surface area contributed by atoms with Crippen molar-refractivity contribution >= 4 is 17.4 Å². The lowest BCUT2D eigenvalue weighted by molar-refractivity contribution is -0.138. The standard InChI is InChI=1S/C24H26F3N5O/c1-13-16(6-5-7-18(13)24(25,26)27)14(2)29-21-17-11-31(22(33)23(4)8-9-23)12-19(17)32-15(3)28-10-20(32)30-21/h5-7,10,14H,8-9,11-12H2,1-4H3,(H,29,30). The minimum Gasteiger partial charge on any atom is -0.363 e. The molecular formula is C24H26F3N5O. The predicted octanol–water partition coefficient (Wildman–Crippen LogP) is 5.18. The molecular weight excluding hydrogens is 431 g/mol. The van der Waals surface area contributed by atoms with Gasteiger partial charge in [0.05, 0.1) is 36.6 Å². The van der Waals surface area contributed by atoms with Crippen molar-refractivity contribution in [2.24, 2.45) is 5.41 Å². The van der Waals surface area contributed by atoms with Crippen LogP contribution in [0.2, 0.25) is 0 Å². The highest BCUT2D eigenvalue weighted by Gasteiger charge is 2.48. The average molecular weight is 458 g/mol. The van der Waals surface area contributed by atoms with E-state index in [-0.39, 0.29) is 16.9 Å². The zero-order chi connectivity index (χ0) is 23.7. The zero-order valence-electron chi connectivity index (χ0n) is 19.0. The Hall–Kier alpha value is -3.10. The van der Waals surface area contributed by atoms with E-state index in [0.717, 1.165) is 36.0 Å². The van der Waals surface area contributed by atoms with E-state index in [4.69, 9.17) is 4.98 Å². The highest BCUT2D eigenvalue weighted by atomic mass is 19.4. The number of carbonyl (C=O) groups excluding carboxylic acids is 1. The Balaban J connectivity index is 1.52. The minimum atomic E-state index is -4.41. The van der Waals surface area contributed by atoms with Crippen LogP contribution in [0.15, 0.2) is 24.4 Å². The van der Waals surface area contributed by atoms with E-state index in [1.165, 1.54) is 13.0 Å². The predicted molar refractivity (Wildman–Crippen MR) is 118 cm³/mol. The fourth-order valence-electron chi connectivity index (χ4n) is 4.82. The number of anilines is 1. The summed E-state index contributed by atoms with van der Waals surface area (Å²) in [6.45, 7) is 8.09. The maximum absolute atomic E-state index is 13.4. The highest BCUT2D eigenvalue weighted by Crippen LogP contribution is 2.48. The number of benzene rings is 1. The van der Waals surface area contributed by atoms with E-state index >= 15 is 0 Å². The van der Waals surface area contributed by atoms with Crippen LogP contribution in [0.5, 0.6) is 0 Å². The van der Waals surface area contributed by atoms with Crippen LogP contribution in [0.25, 0.3) is 5.65 Å². The van der Waals surface area contributed by atoms with Crippen LogP contribution < -0.4 is 5.32 Å². The molecule has 3 aromatic rings. The van der Waals surface area contributed by atoms with Gasteiger partial charge in [-0.05, 0) is 50.8 Å². The molecule has 2 aromatic heterocycles. The van der Waals surface area contributed by atoms with Crippen LogP contribution in [-0.2, 0) is 24.1 Å². The van der Waals surface area contributed by atoms with Crippen LogP contribution >= 0.6 is 0 Å². The summed E-state index contributed by atoms with van der Waals surface area (Å²) in [6, 6.07) is 3.82. The van der Waals surface area contributed by atoms with E-state index in [9.17, 15) is 18.0 Å². The topological polar surface area (TPSA) is 62.5 Å². The normalized spacial score (nSPS) is 17.8. The Morgan fingerprint density at radius 1 is 1.21 bits per heavy atom. The van der Waals surface area contributed by atoms with Gasteiger partial charge in [0.1, 0.15) is 11.6 Å². The molecule has 0 radical (unpaired) electrons. The van der Waals surface area contributed by atoms with Gasteiger partial charge in [0.25, 0.3) is 0 Å². The van der Waals surface area contributed by atoms with E-state index in [1.807, 2.05) is 30.1 Å². The van der Waals surface area contributed by atoms with Crippen molar-refractivity contribution in [3.63, 3.8) is 0 Å². The van der Waals surface area contributed by atoms with Crippen molar-refractivity contribution in [3.05, 3.63) is 58.2 Å². The molecule has 0 bridgehead atoms. The summed E-state index contributed by atoms with van der Waals surface area (Å²) >= 11 is 0. The van der Waals surface area contributed by atoms with Crippen molar-refractivity contribution in [3.8, 4) is 0 Å². The zero-order valence-corrected chi connectivity index (χ0v) is 19.0. The van der Waals surface area contributed by atoms with Gasteiger partial charge in [-0.15, -0.1) is 0 Å². The third-order valence-corrected chi connectivity index (χ3v) is 7.04. The number of aryl methyl sites for hydroxylation is 1. The molecule has 1 aliphatic carbocycles. The third-order valence-electron chi connectivity index (χ3n) is 7.04. The van der Waals surface area contributed by atoms with E-state index in [0.29, 0.717) is 30.1 Å². The Kier molecular flexibility index (Phi) is 4.74. The monoisotopic (exact) mass is 457 g/mol. The second kappa shape index (κ2) is 7.20. The Morgan fingerprint density at radius 2 is 1.94 bits per heavy atom. The summed E-state index contributed by atoms with van der Waals surface area (Å²) in [6.07, 6.45) is -0.943. The van der Waals surface area contributed by atoms with Crippen LogP contribution in [0.4, 0.5) is 19.0 Å². The van der Waals surface area contributed by atoms with Gasteiger partial charge in [-0.1, -0.05) is 19.1 Å². The van der Waals surface area contributed by atoms with Crippen LogP contribution in [0.3, 0.4) is 0 Å². The molecule has 1 aliphatic heterocycles. The van der Waals surface area contributed by atoms with Crippen molar-refractivity contribution in [2.45, 2.75) is 65.8 Å². The number of amides is 1. The first-order valence-corrected chi connectivity index (χ1v) is 11.1. The van der Waals surface area contributed by atoms with Crippen molar-refractivity contribution < 1.29 is 18.0 Å². The van der Waals surface area contributed by atoms with E-state index < -0.39 is 17.8 Å². The number of nitrogens with zero attached hydrogens (tertiary/aromatic N) is 4. The fourth-order valence-corrected chi connectivity index (χ4v) is 4.82. The molecule has 9 heteroatoms. The van der Waals surface area contributed by atoms with Gasteiger partial charge in [-0.25, -0.2) is 9.97 Å². The van der Waals surface area contributed by atoms with Gasteiger partial charge in [-0.3, -0.25) is 9.20 Å². The Morgan fingerprint density at radius 3 is 2.61 bits per heavy atom. The van der Waals surface area contributed by atoms with Gasteiger partial charge >= 0.3 is 6.18 Å². The first kappa shape index (κ1) is 21.7. The number of alkyl halides is 3. The average Bonchev–Trinajstić information content (AvgIpc) is 3.17. The number of rotatable bonds is 4. The first-order valence-electron chi connectivity index (χ1n) is 11.1. The molecule has 1 aromatic carbocycles. The van der Waals surface area contributed by atoms with Gasteiger partial charge in [0.2, 0.25) is 5.91 Å². The van der Waals surface area contributed by atoms with Crippen LogP contribution in [0, 0.1) is 19.3 Å². The van der Waals surface area contributed by atoms with E-state index in [2.05, 4.69) is 10.3 Å². The molecule has 1 saturated carbocycles. The number of carbonyl (C=O) groups is 1. The number of hydrogen-bond donors (Lipinski definition) is 1. The molecule has 33 heavy (non-hydrogen) atoms. The molecule has 0 saturated heterocycles. The quantitative estimate of drug-likeness (QED) is 0.586. The Labute approximate surface area is 189 Å². The fraction of sp³-hybridized carbons (Fsp3) is 0.458. The van der Waals surface area contributed by atoms with Gasteiger partial charge in [-0.2, -0.15) is 13.2 Å². The molecule has 174 valence electrons. The third kappa shape index (κ3) is 3.54. The van der Waals surface area contributed by atoms with Crippen LogP contribution in [0.1, 0.15) is 66.5 Å². The summed E-state index contributed by atoms with van der Waals surface area (Å²) in [5, 5.41) is 3.34. The molecule has 2 aliphatic rings. The lowest BCUT2D eigenvalue weighted by atomic mass is 9.97. The summed E-state index contributed by atoms with van der Waals surface area (Å²) in [4.78, 5) is 24.0. The molecule has 0 spiro atoms. The SMILES string of the molecule is Cc1c(C(C)Nc2nc3cnc(C)n3c3c2CN(C(=O)C2(C)CC2)C3)cccc1C(F)(F)F. The second-order valence-corrected chi connectivity index (χ2v) is 9.49. The summed E-state index contributed by atoms with van der Waals surface area (Å²) in [5.41, 5.74) is 2.31. The second-order valence-electron chi connectivity index (χ2n) is 9.49. The number of hydrogen-bond acceptors (Lipinski definition) is 4. The maximum atomic E-state index is 13.4. The number of nitrogens with one attached hydrogen (secondary N) is 1.